The van der Waals surface area contributed by atoms with Gasteiger partial charge in [0, 0.05) is 22.5 Å². The van der Waals surface area contributed by atoms with E-state index in [1.807, 2.05) is 25.6 Å². The van der Waals surface area contributed by atoms with Crippen molar-refractivity contribution in [3.8, 4) is 0 Å². The van der Waals surface area contributed by atoms with Gasteiger partial charge in [-0.15, -0.1) is 0 Å². The van der Waals surface area contributed by atoms with Gasteiger partial charge in [0.25, 0.3) is 0 Å². The molecule has 0 unspecified atom stereocenters. The SMILES string of the molecule is CC.SCCSC(CS)CS. The minimum Gasteiger partial charge on any atom is -0.179 e. The molecule has 0 saturated heterocycles. The lowest BCUT2D eigenvalue weighted by Crippen LogP contribution is -2.07. The van der Waals surface area contributed by atoms with E-state index in [1.54, 1.807) is 0 Å². The summed E-state index contributed by atoms with van der Waals surface area (Å²) in [5.41, 5.74) is 0. The molecule has 4 heteroatoms. The van der Waals surface area contributed by atoms with Crippen molar-refractivity contribution in [2.45, 2.75) is 19.1 Å². The Balaban J connectivity index is 0. The first-order valence-electron chi connectivity index (χ1n) is 3.79. The fraction of sp³-hybridized carbons (Fsp3) is 1.00. The van der Waals surface area contributed by atoms with Crippen LogP contribution in [0.3, 0.4) is 0 Å². The maximum atomic E-state index is 4.17. The van der Waals surface area contributed by atoms with E-state index in [-0.39, 0.29) is 0 Å². The van der Waals surface area contributed by atoms with Gasteiger partial charge in [0.05, 0.1) is 0 Å². The van der Waals surface area contributed by atoms with Gasteiger partial charge in [0.2, 0.25) is 0 Å². The molecule has 0 aromatic rings. The monoisotopic (exact) mass is 230 g/mol. The van der Waals surface area contributed by atoms with E-state index in [4.69, 9.17) is 0 Å². The minimum absolute atomic E-state index is 0.601. The van der Waals surface area contributed by atoms with E-state index in [9.17, 15) is 0 Å². The summed E-state index contributed by atoms with van der Waals surface area (Å²) in [5, 5.41) is 0.601. The Morgan fingerprint density at radius 2 is 1.55 bits per heavy atom. The van der Waals surface area contributed by atoms with E-state index in [0.717, 1.165) is 23.0 Å². The number of hydrogen-bond acceptors (Lipinski definition) is 4. The van der Waals surface area contributed by atoms with Crippen LogP contribution in [0.15, 0.2) is 0 Å². The first kappa shape index (κ1) is 14.9. The van der Waals surface area contributed by atoms with Crippen LogP contribution in [-0.4, -0.2) is 28.3 Å². The van der Waals surface area contributed by atoms with E-state index in [1.165, 1.54) is 0 Å². The molecule has 0 saturated carbocycles. The van der Waals surface area contributed by atoms with Gasteiger partial charge in [-0.05, 0) is 5.75 Å². The second-order valence-electron chi connectivity index (χ2n) is 1.58. The average Bonchev–Trinajstić information content (AvgIpc) is 2.10. The van der Waals surface area contributed by atoms with E-state index in [0.29, 0.717) is 5.25 Å². The third-order valence-corrected chi connectivity index (χ3v) is 4.00. The highest BCUT2D eigenvalue weighted by molar-refractivity contribution is 8.01. The summed E-state index contributed by atoms with van der Waals surface area (Å²) in [7, 11) is 0. The zero-order valence-corrected chi connectivity index (χ0v) is 10.7. The summed E-state index contributed by atoms with van der Waals surface area (Å²) in [6.07, 6.45) is 0. The molecule has 0 nitrogen and oxygen atoms in total. The highest BCUT2D eigenvalue weighted by Crippen LogP contribution is 2.13. The number of hydrogen-bond donors (Lipinski definition) is 3. The summed E-state index contributed by atoms with van der Waals surface area (Å²) in [5.74, 6) is 3.89. The van der Waals surface area contributed by atoms with Crippen LogP contribution in [0.2, 0.25) is 0 Å². The largest absolute Gasteiger partial charge is 0.179 e. The van der Waals surface area contributed by atoms with Crippen molar-refractivity contribution in [3.63, 3.8) is 0 Å². The zero-order valence-electron chi connectivity index (χ0n) is 7.16. The standard InChI is InChI=1S/C5H12S4.C2H6/c6-1-2-9-5(3-7)4-8;1-2/h5-8H,1-4H2;1-2H3. The molecule has 0 aromatic carbocycles. The summed E-state index contributed by atoms with van der Waals surface area (Å²) in [6, 6.07) is 0. The Morgan fingerprint density at radius 1 is 1.09 bits per heavy atom. The molecule has 0 rings (SSSR count). The first-order chi connectivity index (χ1) is 5.35. The van der Waals surface area contributed by atoms with Crippen LogP contribution < -0.4 is 0 Å². The maximum absolute atomic E-state index is 4.17. The lowest BCUT2D eigenvalue weighted by atomic mass is 10.5. The van der Waals surface area contributed by atoms with Crippen LogP contribution in [0.1, 0.15) is 13.8 Å². The second-order valence-corrected chi connectivity index (χ2v) is 4.17. The van der Waals surface area contributed by atoms with Gasteiger partial charge in [0.1, 0.15) is 0 Å². The fourth-order valence-corrected chi connectivity index (χ4v) is 2.44. The quantitative estimate of drug-likeness (QED) is 0.611. The molecule has 0 atom stereocenters. The van der Waals surface area contributed by atoms with Crippen LogP contribution in [0.4, 0.5) is 0 Å². The lowest BCUT2D eigenvalue weighted by molar-refractivity contribution is 1.16. The van der Waals surface area contributed by atoms with Crippen molar-refractivity contribution in [1.82, 2.24) is 0 Å². The summed E-state index contributed by atoms with van der Waals surface area (Å²) >= 11 is 14.3. The molecule has 0 heterocycles. The van der Waals surface area contributed by atoms with Crippen LogP contribution in [-0.2, 0) is 0 Å². The predicted molar refractivity (Wildman–Crippen MR) is 69.2 cm³/mol. The molecule has 0 aromatic heterocycles. The molecule has 0 radical (unpaired) electrons. The van der Waals surface area contributed by atoms with E-state index in [2.05, 4.69) is 37.9 Å². The smallest absolute Gasteiger partial charge is 0.0224 e. The fourth-order valence-electron chi connectivity index (χ4n) is 0.383. The Hall–Kier alpha value is 1.40. The van der Waals surface area contributed by atoms with Gasteiger partial charge in [-0.3, -0.25) is 0 Å². The zero-order chi connectivity index (χ0) is 9.11. The average molecular weight is 230 g/mol. The molecule has 0 aliphatic carbocycles. The summed E-state index contributed by atoms with van der Waals surface area (Å²) in [4.78, 5) is 0. The molecule has 11 heavy (non-hydrogen) atoms. The first-order valence-corrected chi connectivity index (χ1v) is 6.74. The number of rotatable bonds is 5. The van der Waals surface area contributed by atoms with E-state index >= 15 is 0 Å². The highest BCUT2D eigenvalue weighted by atomic mass is 32.2. The van der Waals surface area contributed by atoms with Crippen LogP contribution in [0.25, 0.3) is 0 Å². The van der Waals surface area contributed by atoms with Crippen molar-refractivity contribution in [2.75, 3.05) is 23.0 Å². The lowest BCUT2D eigenvalue weighted by Gasteiger charge is -2.08. The van der Waals surface area contributed by atoms with Crippen molar-refractivity contribution in [3.05, 3.63) is 0 Å². The van der Waals surface area contributed by atoms with Crippen molar-refractivity contribution >= 4 is 49.6 Å². The van der Waals surface area contributed by atoms with Crippen molar-refractivity contribution < 1.29 is 0 Å². The Morgan fingerprint density at radius 3 is 1.82 bits per heavy atom. The molecule has 70 valence electrons. The third-order valence-electron chi connectivity index (χ3n) is 0.852. The molecule has 0 fully saturated rings. The predicted octanol–water partition coefficient (Wildman–Crippen LogP) is 2.90. The van der Waals surface area contributed by atoms with Gasteiger partial charge in [-0.25, -0.2) is 0 Å². The molecule has 0 bridgehead atoms. The van der Waals surface area contributed by atoms with Crippen molar-refractivity contribution in [1.29, 1.82) is 0 Å². The molecular formula is C7H18S4. The number of thioether (sulfide) groups is 1. The van der Waals surface area contributed by atoms with Gasteiger partial charge in [0.15, 0.2) is 0 Å². The Bertz CT molecular complexity index is 54.4. The molecular weight excluding hydrogens is 212 g/mol. The van der Waals surface area contributed by atoms with Gasteiger partial charge in [-0.2, -0.15) is 49.6 Å². The second kappa shape index (κ2) is 14.0. The van der Waals surface area contributed by atoms with Crippen LogP contribution in [0, 0.1) is 0 Å². The molecule has 0 N–H and O–H groups in total. The molecule has 0 amide bonds. The Labute approximate surface area is 91.5 Å². The summed E-state index contributed by atoms with van der Waals surface area (Å²) < 4.78 is 0. The van der Waals surface area contributed by atoms with Crippen LogP contribution >= 0.6 is 49.6 Å². The van der Waals surface area contributed by atoms with E-state index < -0.39 is 0 Å². The third kappa shape index (κ3) is 11.4. The van der Waals surface area contributed by atoms with Crippen LogP contribution in [0.5, 0.6) is 0 Å². The topological polar surface area (TPSA) is 0 Å². The molecule has 0 spiro atoms. The van der Waals surface area contributed by atoms with Gasteiger partial charge in [-0.1, -0.05) is 13.8 Å². The molecule has 0 aliphatic rings. The maximum Gasteiger partial charge on any atom is 0.0224 e. The summed E-state index contributed by atoms with van der Waals surface area (Å²) in [6.45, 7) is 4.00. The minimum atomic E-state index is 0.601. The van der Waals surface area contributed by atoms with Gasteiger partial charge < -0.3 is 0 Å². The number of thiol groups is 3. The van der Waals surface area contributed by atoms with Gasteiger partial charge >= 0.3 is 0 Å². The Kier molecular flexibility index (Phi) is 18.9. The van der Waals surface area contributed by atoms with Crippen molar-refractivity contribution in [2.24, 2.45) is 0 Å². The normalized spacial score (nSPS) is 9.27. The highest BCUT2D eigenvalue weighted by Gasteiger charge is 2.01. The molecule has 0 aliphatic heterocycles.